The Bertz CT molecular complexity index is 576. The van der Waals surface area contributed by atoms with E-state index in [0.717, 1.165) is 18.5 Å². The summed E-state index contributed by atoms with van der Waals surface area (Å²) >= 11 is 12.1. The molecule has 0 aliphatic carbocycles. The summed E-state index contributed by atoms with van der Waals surface area (Å²) in [5.74, 6) is 1.05. The highest BCUT2D eigenvalue weighted by Crippen LogP contribution is 2.32. The van der Waals surface area contributed by atoms with Crippen LogP contribution in [0.3, 0.4) is 0 Å². The van der Waals surface area contributed by atoms with Crippen LogP contribution in [0.5, 0.6) is 11.6 Å². The van der Waals surface area contributed by atoms with Gasteiger partial charge in [0.2, 0.25) is 5.88 Å². The Morgan fingerprint density at radius 3 is 2.90 bits per heavy atom. The van der Waals surface area contributed by atoms with Crippen LogP contribution in [0.2, 0.25) is 10.0 Å². The molecule has 20 heavy (non-hydrogen) atoms. The van der Waals surface area contributed by atoms with Gasteiger partial charge in [-0.2, -0.15) is 0 Å². The van der Waals surface area contributed by atoms with Crippen LogP contribution in [0.1, 0.15) is 18.9 Å². The Morgan fingerprint density at radius 2 is 2.10 bits per heavy atom. The molecule has 0 amide bonds. The minimum absolute atomic E-state index is 0.507. The maximum absolute atomic E-state index is 6.10. The second kappa shape index (κ2) is 7.48. The zero-order valence-electron chi connectivity index (χ0n) is 11.2. The molecule has 5 heteroatoms. The van der Waals surface area contributed by atoms with E-state index in [1.54, 1.807) is 24.4 Å². The lowest BCUT2D eigenvalue weighted by Gasteiger charge is -2.11. The van der Waals surface area contributed by atoms with E-state index in [4.69, 9.17) is 27.9 Å². The number of hydrogen-bond acceptors (Lipinski definition) is 3. The van der Waals surface area contributed by atoms with E-state index in [2.05, 4.69) is 17.2 Å². The number of ether oxygens (including phenoxy) is 1. The second-order valence-corrected chi connectivity index (χ2v) is 5.16. The van der Waals surface area contributed by atoms with E-state index in [1.165, 1.54) is 0 Å². The van der Waals surface area contributed by atoms with Crippen LogP contribution in [0.15, 0.2) is 36.5 Å². The van der Waals surface area contributed by atoms with Crippen molar-refractivity contribution in [2.24, 2.45) is 0 Å². The molecule has 1 aromatic heterocycles. The molecule has 0 saturated carbocycles. The van der Waals surface area contributed by atoms with Gasteiger partial charge in [-0.15, -0.1) is 0 Å². The molecule has 0 aliphatic heterocycles. The summed E-state index contributed by atoms with van der Waals surface area (Å²) in [6.07, 6.45) is 2.77. The second-order valence-electron chi connectivity index (χ2n) is 4.32. The first kappa shape index (κ1) is 15.1. The van der Waals surface area contributed by atoms with Crippen molar-refractivity contribution in [3.8, 4) is 11.6 Å². The Hall–Kier alpha value is -1.29. The van der Waals surface area contributed by atoms with Gasteiger partial charge in [-0.05, 0) is 31.2 Å². The minimum atomic E-state index is 0.507. The fourth-order valence-corrected chi connectivity index (χ4v) is 2.03. The van der Waals surface area contributed by atoms with E-state index >= 15 is 0 Å². The number of aromatic nitrogens is 1. The molecule has 106 valence electrons. The highest BCUT2D eigenvalue weighted by atomic mass is 35.5. The lowest BCUT2D eigenvalue weighted by atomic mass is 10.2. The molecule has 0 aliphatic rings. The normalized spacial score (nSPS) is 10.6. The molecule has 0 fully saturated rings. The quantitative estimate of drug-likeness (QED) is 0.787. The smallest absolute Gasteiger partial charge is 0.223 e. The summed E-state index contributed by atoms with van der Waals surface area (Å²) < 4.78 is 5.78. The largest absolute Gasteiger partial charge is 0.437 e. The molecule has 0 atom stereocenters. The number of pyridine rings is 1. The van der Waals surface area contributed by atoms with Gasteiger partial charge < -0.3 is 10.1 Å². The zero-order valence-corrected chi connectivity index (χ0v) is 12.7. The van der Waals surface area contributed by atoms with Crippen LogP contribution >= 0.6 is 23.2 Å². The molecule has 0 radical (unpaired) electrons. The predicted molar refractivity (Wildman–Crippen MR) is 82.8 cm³/mol. The van der Waals surface area contributed by atoms with Gasteiger partial charge in [0, 0.05) is 29.4 Å². The number of nitrogens with one attached hydrogen (secondary N) is 1. The molecular formula is C15H16Cl2N2O. The van der Waals surface area contributed by atoms with Crippen molar-refractivity contribution in [1.82, 2.24) is 10.3 Å². The molecule has 0 spiro atoms. The van der Waals surface area contributed by atoms with Crippen molar-refractivity contribution in [2.75, 3.05) is 6.54 Å². The van der Waals surface area contributed by atoms with Gasteiger partial charge in [0.1, 0.15) is 5.75 Å². The van der Waals surface area contributed by atoms with Crippen molar-refractivity contribution >= 4 is 23.2 Å². The maximum atomic E-state index is 6.10. The van der Waals surface area contributed by atoms with Crippen molar-refractivity contribution in [2.45, 2.75) is 19.9 Å². The monoisotopic (exact) mass is 310 g/mol. The van der Waals surface area contributed by atoms with Crippen LogP contribution in [-0.4, -0.2) is 11.5 Å². The van der Waals surface area contributed by atoms with E-state index in [-0.39, 0.29) is 0 Å². The molecule has 2 rings (SSSR count). The number of halogens is 2. The standard InChI is InChI=1S/C15H16Cl2N2O/c1-2-7-18-10-11-4-3-8-19-15(11)20-14-9-12(16)5-6-13(14)17/h3-6,8-9,18H,2,7,10H2,1H3. The highest BCUT2D eigenvalue weighted by Gasteiger charge is 2.09. The van der Waals surface area contributed by atoms with Gasteiger partial charge in [-0.1, -0.05) is 36.2 Å². The highest BCUT2D eigenvalue weighted by molar-refractivity contribution is 6.34. The Labute approximate surface area is 128 Å². The number of benzene rings is 1. The maximum Gasteiger partial charge on any atom is 0.223 e. The molecule has 1 heterocycles. The summed E-state index contributed by atoms with van der Waals surface area (Å²) in [5.41, 5.74) is 0.983. The predicted octanol–water partition coefficient (Wildman–Crippen LogP) is 4.68. The average molecular weight is 311 g/mol. The van der Waals surface area contributed by atoms with E-state index in [1.807, 2.05) is 12.1 Å². The van der Waals surface area contributed by atoms with Crippen molar-refractivity contribution < 1.29 is 4.74 Å². The third-order valence-electron chi connectivity index (χ3n) is 2.69. The Morgan fingerprint density at radius 1 is 1.25 bits per heavy atom. The van der Waals surface area contributed by atoms with Gasteiger partial charge in [0.05, 0.1) is 5.02 Å². The van der Waals surface area contributed by atoms with E-state index < -0.39 is 0 Å². The van der Waals surface area contributed by atoms with Crippen LogP contribution in [-0.2, 0) is 6.54 Å². The van der Waals surface area contributed by atoms with Gasteiger partial charge in [-0.3, -0.25) is 0 Å². The molecule has 1 aromatic carbocycles. The topological polar surface area (TPSA) is 34.2 Å². The van der Waals surface area contributed by atoms with Crippen LogP contribution in [0, 0.1) is 0 Å². The summed E-state index contributed by atoms with van der Waals surface area (Å²) in [6.45, 7) is 3.78. The zero-order chi connectivity index (χ0) is 14.4. The molecule has 0 unspecified atom stereocenters. The first-order valence-corrected chi connectivity index (χ1v) is 7.24. The average Bonchev–Trinajstić information content (AvgIpc) is 2.45. The summed E-state index contributed by atoms with van der Waals surface area (Å²) in [5, 5.41) is 4.41. The molecule has 1 N–H and O–H groups in total. The molecular weight excluding hydrogens is 295 g/mol. The fourth-order valence-electron chi connectivity index (χ4n) is 1.71. The van der Waals surface area contributed by atoms with Crippen molar-refractivity contribution in [1.29, 1.82) is 0 Å². The van der Waals surface area contributed by atoms with E-state index in [9.17, 15) is 0 Å². The van der Waals surface area contributed by atoms with Crippen LogP contribution in [0.25, 0.3) is 0 Å². The summed E-state index contributed by atoms with van der Waals surface area (Å²) in [7, 11) is 0. The molecule has 0 bridgehead atoms. The van der Waals surface area contributed by atoms with Crippen molar-refractivity contribution in [3.63, 3.8) is 0 Å². The Kier molecular flexibility index (Phi) is 5.65. The third kappa shape index (κ3) is 4.10. The number of nitrogens with zero attached hydrogens (tertiary/aromatic N) is 1. The van der Waals surface area contributed by atoms with Crippen LogP contribution in [0.4, 0.5) is 0 Å². The first-order chi connectivity index (χ1) is 9.70. The minimum Gasteiger partial charge on any atom is -0.437 e. The number of rotatable bonds is 6. The summed E-state index contributed by atoms with van der Waals surface area (Å²) in [6, 6.07) is 8.97. The fraction of sp³-hybridized carbons (Fsp3) is 0.267. The Balaban J connectivity index is 2.18. The van der Waals surface area contributed by atoms with Crippen molar-refractivity contribution in [3.05, 3.63) is 52.1 Å². The third-order valence-corrected chi connectivity index (χ3v) is 3.24. The van der Waals surface area contributed by atoms with Crippen LogP contribution < -0.4 is 10.1 Å². The molecule has 2 aromatic rings. The van der Waals surface area contributed by atoms with Gasteiger partial charge >= 0.3 is 0 Å². The molecule has 3 nitrogen and oxygen atoms in total. The first-order valence-electron chi connectivity index (χ1n) is 6.48. The van der Waals surface area contributed by atoms with Gasteiger partial charge in [0.15, 0.2) is 0 Å². The lowest BCUT2D eigenvalue weighted by molar-refractivity contribution is 0.453. The van der Waals surface area contributed by atoms with Gasteiger partial charge in [0.25, 0.3) is 0 Å². The summed E-state index contributed by atoms with van der Waals surface area (Å²) in [4.78, 5) is 4.26. The molecule has 0 saturated heterocycles. The number of hydrogen-bond donors (Lipinski definition) is 1. The lowest BCUT2D eigenvalue weighted by Crippen LogP contribution is -2.14. The van der Waals surface area contributed by atoms with Gasteiger partial charge in [-0.25, -0.2) is 4.98 Å². The van der Waals surface area contributed by atoms with E-state index in [0.29, 0.717) is 28.2 Å². The SMILES string of the molecule is CCCNCc1cccnc1Oc1cc(Cl)ccc1Cl.